The van der Waals surface area contributed by atoms with Gasteiger partial charge < -0.3 is 14.8 Å². The molecule has 0 spiro atoms. The zero-order valence-electron chi connectivity index (χ0n) is 13.2. The van der Waals surface area contributed by atoms with Gasteiger partial charge in [-0.15, -0.1) is 0 Å². The summed E-state index contributed by atoms with van der Waals surface area (Å²) in [5.41, 5.74) is 0.997. The van der Waals surface area contributed by atoms with Crippen LogP contribution in [0.3, 0.4) is 0 Å². The number of amides is 1. The quantitative estimate of drug-likeness (QED) is 0.837. The van der Waals surface area contributed by atoms with E-state index >= 15 is 0 Å². The Balaban J connectivity index is 1.83. The van der Waals surface area contributed by atoms with Crippen molar-refractivity contribution in [3.8, 4) is 11.5 Å². The molecule has 0 saturated carbocycles. The van der Waals surface area contributed by atoms with Crippen LogP contribution in [0.1, 0.15) is 19.4 Å². The highest BCUT2D eigenvalue weighted by Crippen LogP contribution is 2.18. The van der Waals surface area contributed by atoms with Gasteiger partial charge in [0.1, 0.15) is 11.5 Å². The highest BCUT2D eigenvalue weighted by atomic mass is 35.5. The van der Waals surface area contributed by atoms with Gasteiger partial charge in [0.25, 0.3) is 5.91 Å². The molecule has 0 aliphatic heterocycles. The molecular weight excluding hydrogens is 314 g/mol. The van der Waals surface area contributed by atoms with Gasteiger partial charge in [-0.2, -0.15) is 0 Å². The normalized spacial score (nSPS) is 11.6. The van der Waals surface area contributed by atoms with Crippen LogP contribution >= 0.6 is 11.6 Å². The molecule has 0 fully saturated rings. The molecule has 2 aromatic rings. The molecule has 2 rings (SSSR count). The lowest BCUT2D eigenvalue weighted by molar-refractivity contribution is -0.127. The van der Waals surface area contributed by atoms with Gasteiger partial charge in [-0.25, -0.2) is 0 Å². The molecule has 23 heavy (non-hydrogen) atoms. The third-order valence-corrected chi connectivity index (χ3v) is 3.41. The van der Waals surface area contributed by atoms with Gasteiger partial charge >= 0.3 is 0 Å². The van der Waals surface area contributed by atoms with Crippen molar-refractivity contribution in [3.63, 3.8) is 0 Å². The van der Waals surface area contributed by atoms with E-state index < -0.39 is 6.10 Å². The summed E-state index contributed by atoms with van der Waals surface area (Å²) in [7, 11) is 0. The van der Waals surface area contributed by atoms with Crippen molar-refractivity contribution >= 4 is 17.5 Å². The van der Waals surface area contributed by atoms with E-state index in [0.717, 1.165) is 11.3 Å². The predicted molar refractivity (Wildman–Crippen MR) is 91.0 cm³/mol. The Hall–Kier alpha value is -2.20. The Labute approximate surface area is 141 Å². The number of carbonyl (C=O) groups is 1. The standard InChI is InChI=1S/C18H20ClNO3/c1-3-22-16-9-7-14(8-10-16)12-20-18(21)13(2)23-17-6-4-5-15(19)11-17/h4-11,13H,3,12H2,1-2H3,(H,20,21)/t13-/m1/s1. The molecule has 4 nitrogen and oxygen atoms in total. The van der Waals surface area contributed by atoms with E-state index in [2.05, 4.69) is 5.32 Å². The van der Waals surface area contributed by atoms with Gasteiger partial charge in [-0.05, 0) is 49.7 Å². The van der Waals surface area contributed by atoms with Crippen LogP contribution in [0.4, 0.5) is 0 Å². The van der Waals surface area contributed by atoms with Crippen LogP contribution in [-0.2, 0) is 11.3 Å². The molecule has 0 bridgehead atoms. The maximum absolute atomic E-state index is 12.1. The van der Waals surface area contributed by atoms with Crippen molar-refractivity contribution in [1.29, 1.82) is 0 Å². The van der Waals surface area contributed by atoms with Crippen LogP contribution in [0.25, 0.3) is 0 Å². The van der Waals surface area contributed by atoms with Crippen molar-refractivity contribution in [2.75, 3.05) is 6.61 Å². The summed E-state index contributed by atoms with van der Waals surface area (Å²) < 4.78 is 11.0. The van der Waals surface area contributed by atoms with Crippen molar-refractivity contribution in [2.45, 2.75) is 26.5 Å². The maximum atomic E-state index is 12.1. The van der Waals surface area contributed by atoms with E-state index in [1.807, 2.05) is 31.2 Å². The van der Waals surface area contributed by atoms with Crippen molar-refractivity contribution in [3.05, 3.63) is 59.1 Å². The number of halogens is 1. The van der Waals surface area contributed by atoms with Crippen molar-refractivity contribution in [2.24, 2.45) is 0 Å². The van der Waals surface area contributed by atoms with E-state index in [1.54, 1.807) is 31.2 Å². The number of benzene rings is 2. The molecule has 0 unspecified atom stereocenters. The SMILES string of the molecule is CCOc1ccc(CNC(=O)[C@@H](C)Oc2cccc(Cl)c2)cc1. The second-order valence-corrected chi connectivity index (χ2v) is 5.45. The Morgan fingerprint density at radius 1 is 1.17 bits per heavy atom. The fourth-order valence-corrected chi connectivity index (χ4v) is 2.18. The van der Waals surface area contributed by atoms with Gasteiger partial charge in [0.05, 0.1) is 6.61 Å². The lowest BCUT2D eigenvalue weighted by Crippen LogP contribution is -2.35. The summed E-state index contributed by atoms with van der Waals surface area (Å²) in [6, 6.07) is 14.6. The van der Waals surface area contributed by atoms with E-state index in [1.165, 1.54) is 0 Å². The van der Waals surface area contributed by atoms with Gasteiger partial charge in [0.15, 0.2) is 6.10 Å². The monoisotopic (exact) mass is 333 g/mol. The van der Waals surface area contributed by atoms with Crippen molar-refractivity contribution in [1.82, 2.24) is 5.32 Å². The summed E-state index contributed by atoms with van der Waals surface area (Å²) in [4.78, 5) is 12.1. The van der Waals surface area contributed by atoms with E-state index in [0.29, 0.717) is 23.9 Å². The number of hydrogen-bond donors (Lipinski definition) is 1. The Bertz CT molecular complexity index is 643. The number of rotatable bonds is 7. The summed E-state index contributed by atoms with van der Waals surface area (Å²) in [5.74, 6) is 1.21. The first-order chi connectivity index (χ1) is 11.1. The smallest absolute Gasteiger partial charge is 0.261 e. The second-order valence-electron chi connectivity index (χ2n) is 5.01. The number of nitrogens with one attached hydrogen (secondary N) is 1. The van der Waals surface area contributed by atoms with Crippen LogP contribution in [0, 0.1) is 0 Å². The van der Waals surface area contributed by atoms with E-state index in [-0.39, 0.29) is 5.91 Å². The van der Waals surface area contributed by atoms with Crippen LogP contribution in [0.15, 0.2) is 48.5 Å². The van der Waals surface area contributed by atoms with Gasteiger partial charge in [0, 0.05) is 11.6 Å². The molecule has 0 heterocycles. The van der Waals surface area contributed by atoms with E-state index in [9.17, 15) is 4.79 Å². The predicted octanol–water partition coefficient (Wildman–Crippen LogP) is 3.82. The molecule has 0 aliphatic carbocycles. The maximum Gasteiger partial charge on any atom is 0.261 e. The summed E-state index contributed by atoms with van der Waals surface area (Å²) >= 11 is 5.89. The summed E-state index contributed by atoms with van der Waals surface area (Å²) in [6.07, 6.45) is -0.601. The number of ether oxygens (including phenoxy) is 2. The summed E-state index contributed by atoms with van der Waals surface area (Å²) in [5, 5.41) is 3.42. The van der Waals surface area contributed by atoms with Crippen molar-refractivity contribution < 1.29 is 14.3 Å². The van der Waals surface area contributed by atoms with Gasteiger partial charge in [0.2, 0.25) is 0 Å². The molecule has 2 aromatic carbocycles. The van der Waals surface area contributed by atoms with Gasteiger partial charge in [-0.3, -0.25) is 4.79 Å². The Kier molecular flexibility index (Phi) is 6.29. The Morgan fingerprint density at radius 3 is 2.57 bits per heavy atom. The first-order valence-electron chi connectivity index (χ1n) is 7.50. The lowest BCUT2D eigenvalue weighted by Gasteiger charge is -2.15. The molecule has 0 radical (unpaired) electrons. The molecule has 0 aliphatic rings. The highest BCUT2D eigenvalue weighted by molar-refractivity contribution is 6.30. The molecule has 122 valence electrons. The fourth-order valence-electron chi connectivity index (χ4n) is 2.00. The van der Waals surface area contributed by atoms with Crippen LogP contribution < -0.4 is 14.8 Å². The average Bonchev–Trinajstić information content (AvgIpc) is 2.54. The third kappa shape index (κ3) is 5.49. The lowest BCUT2D eigenvalue weighted by atomic mass is 10.2. The summed E-state index contributed by atoms with van der Waals surface area (Å²) in [6.45, 7) is 4.72. The topological polar surface area (TPSA) is 47.6 Å². The molecule has 1 atom stereocenters. The highest BCUT2D eigenvalue weighted by Gasteiger charge is 2.14. The first kappa shape index (κ1) is 17.2. The fraction of sp³-hybridized carbons (Fsp3) is 0.278. The average molecular weight is 334 g/mol. The molecular formula is C18H20ClNO3. The van der Waals surface area contributed by atoms with Crippen LogP contribution in [0.2, 0.25) is 5.02 Å². The molecule has 1 amide bonds. The molecule has 0 saturated heterocycles. The van der Waals surface area contributed by atoms with Gasteiger partial charge in [-0.1, -0.05) is 29.8 Å². The number of carbonyl (C=O) groups excluding carboxylic acids is 1. The first-order valence-corrected chi connectivity index (χ1v) is 7.88. The van der Waals surface area contributed by atoms with Crippen LogP contribution in [0.5, 0.6) is 11.5 Å². The molecule has 1 N–H and O–H groups in total. The number of hydrogen-bond acceptors (Lipinski definition) is 3. The molecule has 0 aromatic heterocycles. The zero-order valence-corrected chi connectivity index (χ0v) is 14.0. The minimum Gasteiger partial charge on any atom is -0.494 e. The third-order valence-electron chi connectivity index (χ3n) is 3.18. The zero-order chi connectivity index (χ0) is 16.7. The van der Waals surface area contributed by atoms with Crippen LogP contribution in [-0.4, -0.2) is 18.6 Å². The molecule has 5 heteroatoms. The van der Waals surface area contributed by atoms with E-state index in [4.69, 9.17) is 21.1 Å². The largest absolute Gasteiger partial charge is 0.494 e. The second kappa shape index (κ2) is 8.44. The minimum atomic E-state index is -0.601. The minimum absolute atomic E-state index is 0.182. The Morgan fingerprint density at radius 2 is 1.91 bits per heavy atom.